The average molecular weight is 381 g/mol. The van der Waals surface area contributed by atoms with Crippen LogP contribution in [0, 0.1) is 5.41 Å². The zero-order chi connectivity index (χ0) is 19.4. The second-order valence-corrected chi connectivity index (χ2v) is 8.45. The molecule has 0 spiro atoms. The third-order valence-electron chi connectivity index (χ3n) is 4.49. The molecule has 0 bridgehead atoms. The van der Waals surface area contributed by atoms with Crippen LogP contribution in [0.5, 0.6) is 0 Å². The Morgan fingerprint density at radius 2 is 2.08 bits per heavy atom. The van der Waals surface area contributed by atoms with Crippen molar-refractivity contribution in [3.05, 3.63) is 34.9 Å². The standard InChI is InChI=1S/C20H29ClN2O3/c1-5-26-17(24)20(13-15-8-6-9-16(21)12-15)10-7-11-23(14-20)18(25)22-19(2,3)4/h6,8-9,12H,5,7,10-11,13-14H2,1-4H3,(H,22,25)/t20-/m1/s1. The van der Waals surface area contributed by atoms with Crippen LogP contribution in [0.2, 0.25) is 5.02 Å². The number of piperidine rings is 1. The summed E-state index contributed by atoms with van der Waals surface area (Å²) in [6, 6.07) is 7.38. The van der Waals surface area contributed by atoms with Crippen molar-refractivity contribution in [2.45, 2.75) is 52.5 Å². The summed E-state index contributed by atoms with van der Waals surface area (Å²) in [6.45, 7) is 8.94. The van der Waals surface area contributed by atoms with E-state index in [-0.39, 0.29) is 17.5 Å². The quantitative estimate of drug-likeness (QED) is 0.802. The summed E-state index contributed by atoms with van der Waals surface area (Å²) in [4.78, 5) is 27.2. The third kappa shape index (κ3) is 5.37. The highest BCUT2D eigenvalue weighted by atomic mass is 35.5. The number of likely N-dealkylation sites (tertiary alicyclic amines) is 1. The Labute approximate surface area is 161 Å². The molecule has 1 heterocycles. The van der Waals surface area contributed by atoms with E-state index < -0.39 is 5.41 Å². The fourth-order valence-electron chi connectivity index (χ4n) is 3.41. The predicted molar refractivity (Wildman–Crippen MR) is 103 cm³/mol. The molecule has 1 aromatic carbocycles. The molecule has 144 valence electrons. The van der Waals surface area contributed by atoms with E-state index in [0.717, 1.165) is 12.0 Å². The minimum atomic E-state index is -0.742. The Morgan fingerprint density at radius 3 is 2.69 bits per heavy atom. The van der Waals surface area contributed by atoms with Crippen molar-refractivity contribution in [2.24, 2.45) is 5.41 Å². The van der Waals surface area contributed by atoms with Crippen LogP contribution in [0.1, 0.15) is 46.1 Å². The molecular formula is C20H29ClN2O3. The highest BCUT2D eigenvalue weighted by Gasteiger charge is 2.45. The second-order valence-electron chi connectivity index (χ2n) is 8.01. The van der Waals surface area contributed by atoms with E-state index in [1.807, 2.05) is 45.0 Å². The van der Waals surface area contributed by atoms with Gasteiger partial charge in [-0.1, -0.05) is 23.7 Å². The van der Waals surface area contributed by atoms with Gasteiger partial charge in [-0.25, -0.2) is 4.79 Å². The molecule has 1 fully saturated rings. The Bertz CT molecular complexity index is 657. The second kappa shape index (κ2) is 8.30. The molecule has 5 nitrogen and oxygen atoms in total. The van der Waals surface area contributed by atoms with Gasteiger partial charge in [0, 0.05) is 23.7 Å². The Kier molecular flexibility index (Phi) is 6.56. The Morgan fingerprint density at radius 1 is 1.35 bits per heavy atom. The van der Waals surface area contributed by atoms with Crippen LogP contribution in [0.15, 0.2) is 24.3 Å². The molecule has 1 saturated heterocycles. The summed E-state index contributed by atoms with van der Waals surface area (Å²) in [6.07, 6.45) is 1.96. The van der Waals surface area contributed by atoms with Gasteiger partial charge in [-0.2, -0.15) is 0 Å². The number of rotatable bonds is 4. The number of carbonyl (C=O) groups excluding carboxylic acids is 2. The lowest BCUT2D eigenvalue weighted by Crippen LogP contribution is -2.56. The van der Waals surface area contributed by atoms with Crippen LogP contribution in [0.25, 0.3) is 0 Å². The molecule has 0 radical (unpaired) electrons. The number of hydrogen-bond donors (Lipinski definition) is 1. The highest BCUT2D eigenvalue weighted by Crippen LogP contribution is 2.36. The summed E-state index contributed by atoms with van der Waals surface area (Å²) >= 11 is 6.11. The van der Waals surface area contributed by atoms with Crippen LogP contribution in [-0.2, 0) is 16.0 Å². The van der Waals surface area contributed by atoms with Crippen LogP contribution < -0.4 is 5.32 Å². The maximum Gasteiger partial charge on any atom is 0.317 e. The number of ether oxygens (including phenoxy) is 1. The van der Waals surface area contributed by atoms with Crippen molar-refractivity contribution in [2.75, 3.05) is 19.7 Å². The van der Waals surface area contributed by atoms with Crippen molar-refractivity contribution in [1.29, 1.82) is 0 Å². The highest BCUT2D eigenvalue weighted by molar-refractivity contribution is 6.30. The number of amides is 2. The summed E-state index contributed by atoms with van der Waals surface area (Å²) in [5.74, 6) is -0.242. The minimum Gasteiger partial charge on any atom is -0.466 e. The van der Waals surface area contributed by atoms with Gasteiger partial charge in [0.1, 0.15) is 0 Å². The van der Waals surface area contributed by atoms with Crippen LogP contribution >= 0.6 is 11.6 Å². The third-order valence-corrected chi connectivity index (χ3v) is 4.72. The van der Waals surface area contributed by atoms with Gasteiger partial charge in [0.25, 0.3) is 0 Å². The van der Waals surface area contributed by atoms with Crippen LogP contribution in [0.3, 0.4) is 0 Å². The molecule has 2 amide bonds. The lowest BCUT2D eigenvalue weighted by atomic mass is 9.75. The number of benzene rings is 1. The molecular weight excluding hydrogens is 352 g/mol. The molecule has 1 atom stereocenters. The number of halogens is 1. The molecule has 2 rings (SSSR count). The summed E-state index contributed by atoms with van der Waals surface area (Å²) in [5.41, 5.74) is -0.0916. The zero-order valence-electron chi connectivity index (χ0n) is 16.1. The van der Waals surface area contributed by atoms with Gasteiger partial charge in [-0.3, -0.25) is 4.79 Å². The number of esters is 1. The number of nitrogens with one attached hydrogen (secondary N) is 1. The van der Waals surface area contributed by atoms with Gasteiger partial charge in [-0.05, 0) is 64.7 Å². The minimum absolute atomic E-state index is 0.142. The molecule has 0 saturated carbocycles. The predicted octanol–water partition coefficient (Wildman–Crippen LogP) is 4.04. The molecule has 1 aliphatic heterocycles. The van der Waals surface area contributed by atoms with Crippen molar-refractivity contribution in [3.8, 4) is 0 Å². The van der Waals surface area contributed by atoms with Crippen molar-refractivity contribution < 1.29 is 14.3 Å². The zero-order valence-corrected chi connectivity index (χ0v) is 16.9. The van der Waals surface area contributed by atoms with E-state index in [1.54, 1.807) is 11.8 Å². The molecule has 26 heavy (non-hydrogen) atoms. The molecule has 1 N–H and O–H groups in total. The first-order chi connectivity index (χ1) is 12.1. The van der Waals surface area contributed by atoms with Gasteiger partial charge >= 0.3 is 12.0 Å². The molecule has 1 aromatic rings. The molecule has 6 heteroatoms. The van der Waals surface area contributed by atoms with Gasteiger partial charge < -0.3 is 15.0 Å². The van der Waals surface area contributed by atoms with Crippen LogP contribution in [0.4, 0.5) is 4.79 Å². The van der Waals surface area contributed by atoms with E-state index in [0.29, 0.717) is 37.6 Å². The van der Waals surface area contributed by atoms with Gasteiger partial charge in [0.15, 0.2) is 0 Å². The lowest BCUT2D eigenvalue weighted by molar-refractivity contribution is -0.158. The largest absolute Gasteiger partial charge is 0.466 e. The van der Waals surface area contributed by atoms with Gasteiger partial charge in [0.05, 0.1) is 12.0 Å². The van der Waals surface area contributed by atoms with Crippen molar-refractivity contribution in [3.63, 3.8) is 0 Å². The number of nitrogens with zero attached hydrogens (tertiary/aromatic N) is 1. The van der Waals surface area contributed by atoms with Crippen molar-refractivity contribution in [1.82, 2.24) is 10.2 Å². The maximum atomic E-state index is 12.8. The van der Waals surface area contributed by atoms with E-state index in [4.69, 9.17) is 16.3 Å². The molecule has 0 unspecified atom stereocenters. The van der Waals surface area contributed by atoms with Crippen LogP contribution in [-0.4, -0.2) is 42.1 Å². The monoisotopic (exact) mass is 380 g/mol. The van der Waals surface area contributed by atoms with E-state index in [9.17, 15) is 9.59 Å². The molecule has 0 aromatic heterocycles. The van der Waals surface area contributed by atoms with Gasteiger partial charge in [0.2, 0.25) is 0 Å². The number of urea groups is 1. The smallest absolute Gasteiger partial charge is 0.317 e. The first kappa shape index (κ1) is 20.6. The summed E-state index contributed by atoms with van der Waals surface area (Å²) < 4.78 is 5.39. The van der Waals surface area contributed by atoms with Crippen molar-refractivity contribution >= 4 is 23.6 Å². The topological polar surface area (TPSA) is 58.6 Å². The van der Waals surface area contributed by atoms with E-state index in [1.165, 1.54) is 0 Å². The summed E-state index contributed by atoms with van der Waals surface area (Å²) in [5, 5.41) is 3.62. The van der Waals surface area contributed by atoms with E-state index in [2.05, 4.69) is 5.32 Å². The fraction of sp³-hybridized carbons (Fsp3) is 0.600. The first-order valence-corrected chi connectivity index (χ1v) is 9.52. The normalized spacial score (nSPS) is 20.6. The fourth-order valence-corrected chi connectivity index (χ4v) is 3.62. The van der Waals surface area contributed by atoms with E-state index >= 15 is 0 Å². The Hall–Kier alpha value is -1.75. The average Bonchev–Trinajstić information content (AvgIpc) is 2.53. The Balaban J connectivity index is 2.25. The summed E-state index contributed by atoms with van der Waals surface area (Å²) in [7, 11) is 0. The maximum absolute atomic E-state index is 12.8. The number of hydrogen-bond acceptors (Lipinski definition) is 3. The number of carbonyl (C=O) groups is 2. The molecule has 0 aliphatic carbocycles. The SMILES string of the molecule is CCOC(=O)[C@@]1(Cc2cccc(Cl)c2)CCCN(C(=O)NC(C)(C)C)C1. The lowest BCUT2D eigenvalue weighted by Gasteiger charge is -2.41. The van der Waals surface area contributed by atoms with Gasteiger partial charge in [-0.15, -0.1) is 0 Å². The first-order valence-electron chi connectivity index (χ1n) is 9.14. The molecule has 1 aliphatic rings.